The summed E-state index contributed by atoms with van der Waals surface area (Å²) in [7, 11) is 0. The minimum absolute atomic E-state index is 0.110. The van der Waals surface area contributed by atoms with Crippen molar-refractivity contribution in [3.8, 4) is 0 Å². The van der Waals surface area contributed by atoms with Gasteiger partial charge in [-0.3, -0.25) is 19.2 Å². The Kier molecular flexibility index (Phi) is 30.4. The molecule has 0 unspecified atom stereocenters. The fourth-order valence-electron chi connectivity index (χ4n) is 24.6. The maximum atomic E-state index is 14.4. The van der Waals surface area contributed by atoms with E-state index in [1.165, 1.54) is 77.9 Å². The number of carbonyl (C=O) groups is 4. The third-order valence-electron chi connectivity index (χ3n) is 33.3. The summed E-state index contributed by atoms with van der Waals surface area (Å²) in [4.78, 5) is 125. The number of aromatic nitrogens is 15. The molecule has 0 radical (unpaired) electrons. The fourth-order valence-corrected chi connectivity index (χ4v) is 24.6. The number of hydrogen-bond donors (Lipinski definition) is 13. The van der Waals surface area contributed by atoms with Crippen LogP contribution in [0, 0.1) is 55.4 Å². The van der Waals surface area contributed by atoms with E-state index in [9.17, 15) is 19.2 Å². The van der Waals surface area contributed by atoms with E-state index < -0.39 is 0 Å². The van der Waals surface area contributed by atoms with Gasteiger partial charge in [0.25, 0.3) is 0 Å². The van der Waals surface area contributed by atoms with Gasteiger partial charge >= 0.3 is 0 Å². The Bertz CT molecular complexity index is 8000. The number of allylic oxidation sites excluding steroid dienone is 12. The Morgan fingerprint density at radius 1 is 0.188 bits per heavy atom. The lowest BCUT2D eigenvalue weighted by Gasteiger charge is -2.09. The predicted octanol–water partition coefficient (Wildman–Crippen LogP) is 28.2. The highest BCUT2D eigenvalue weighted by atomic mass is 16.2. The van der Waals surface area contributed by atoms with Crippen LogP contribution < -0.4 is 21.3 Å². The molecule has 6 aliphatic rings. The Labute approximate surface area is 875 Å². The Hall–Kier alpha value is -14.5. The average Bonchev–Trinajstić information content (AvgIpc) is 1.61. The van der Waals surface area contributed by atoms with Gasteiger partial charge in [-0.1, -0.05) is 83.1 Å². The number of H-pyrrole nitrogens is 9. The summed E-state index contributed by atoms with van der Waals surface area (Å²) in [6.45, 7) is 58.1. The number of nitrogens with one attached hydrogen (secondary N) is 13. The molecule has 0 aliphatic carbocycles. The molecular formula is C126H151N19O4. The zero-order chi connectivity index (χ0) is 106. The third-order valence-corrected chi connectivity index (χ3v) is 33.3. The van der Waals surface area contributed by atoms with Crippen LogP contribution in [0.5, 0.6) is 0 Å². The van der Waals surface area contributed by atoms with E-state index in [1.807, 2.05) is 0 Å². The third kappa shape index (κ3) is 19.6. The molecule has 0 spiro atoms. The molecule has 23 nitrogen and oxygen atoms in total. The second-order valence-electron chi connectivity index (χ2n) is 41.4. The number of rotatable bonds is 30. The van der Waals surface area contributed by atoms with E-state index in [4.69, 9.17) is 29.9 Å². The second-order valence-corrected chi connectivity index (χ2v) is 41.4. The van der Waals surface area contributed by atoms with Crippen molar-refractivity contribution in [2.45, 2.75) is 308 Å². The van der Waals surface area contributed by atoms with E-state index in [1.54, 1.807) is 0 Å². The standard InChI is InChI=1S/C126H151N19O4/c1-27-77-63(13)93-53-105-81(31-5)71(21)121(140-105)123-73(23)83(33-7)107(142-123)55-95-65(15)79(29-3)103(133-95)59-113-89(67(17)97(135-113)51-101(77)131-93)39-43-117(146)127-47-49-129-119(148)45-41-91-69(19)99-57-109-85(35-9)75(25)125(144-109)126-76(26)86(36-10)110(145-126)58-100-70(20)92(116(138-100)62-112-88(38-12)87(37-11)111(139-112)61-115(91)137-99)42-46-120(149)130-50-48-128-118(147)44-40-90-68(18)98-52-102-78(28-2)64(14)94(132-102)54-106-82(32-6)72(22)122(141-106)124-74(24)84(34-8)108(143-124)56-96-66(16)80(30-4)104(134-96)60-114(90)136-98/h51-62,135-136,139-145H,27-50H2,1-26H3,(H,127,146)(H,128,147)(H,129,148)(H,130,149). The average molecular weight is 2000 g/mol. The molecule has 0 atom stereocenters. The van der Waals surface area contributed by atoms with Gasteiger partial charge < -0.3 is 66.1 Å². The molecule has 0 saturated carbocycles. The van der Waals surface area contributed by atoms with E-state index in [-0.39, 0.29) is 75.5 Å². The van der Waals surface area contributed by atoms with Gasteiger partial charge in [-0.05, 0) is 439 Å². The van der Waals surface area contributed by atoms with Crippen LogP contribution in [0.25, 0.3) is 166 Å². The van der Waals surface area contributed by atoms with Crippen LogP contribution in [0.4, 0.5) is 0 Å². The highest BCUT2D eigenvalue weighted by Gasteiger charge is 2.30. The summed E-state index contributed by atoms with van der Waals surface area (Å²) in [6, 6.07) is 26.4. The molecular weight excluding hydrogens is 1840 g/mol. The van der Waals surface area contributed by atoms with E-state index >= 15 is 0 Å². The second kappa shape index (κ2) is 43.4. The maximum absolute atomic E-state index is 14.4. The van der Waals surface area contributed by atoms with Gasteiger partial charge in [0.1, 0.15) is 0 Å². The maximum Gasteiger partial charge on any atom is 0.220 e. The molecule has 18 rings (SSSR count). The Morgan fingerprint density at radius 2 is 0.356 bits per heavy atom. The van der Waals surface area contributed by atoms with Crippen LogP contribution in [0.2, 0.25) is 0 Å². The van der Waals surface area contributed by atoms with Crippen molar-refractivity contribution in [2.75, 3.05) is 26.2 Å². The number of amides is 4. The molecule has 30 bridgehead atoms. The number of fused-ring (bicyclic) bond motifs is 33. The smallest absolute Gasteiger partial charge is 0.220 e. The van der Waals surface area contributed by atoms with Crippen molar-refractivity contribution in [1.82, 2.24) is 96.0 Å². The minimum atomic E-state index is -0.128. The van der Waals surface area contributed by atoms with Crippen molar-refractivity contribution in [2.24, 2.45) is 0 Å². The van der Waals surface area contributed by atoms with Crippen LogP contribution in [-0.4, -0.2) is 125 Å². The number of nitrogens with zero attached hydrogens (tertiary/aromatic N) is 6. The Morgan fingerprint density at radius 3 is 0.564 bits per heavy atom. The minimum Gasteiger partial charge on any atom is -0.355 e. The summed E-state index contributed by atoms with van der Waals surface area (Å²) in [5, 5.41) is 12.6. The quantitative estimate of drug-likeness (QED) is 0.0189. The van der Waals surface area contributed by atoms with Gasteiger partial charge in [-0.15, -0.1) is 0 Å². The molecule has 0 fully saturated rings. The summed E-state index contributed by atoms with van der Waals surface area (Å²) < 4.78 is 0. The molecule has 13 N–H and O–H groups in total. The van der Waals surface area contributed by atoms with Crippen molar-refractivity contribution < 1.29 is 19.2 Å². The van der Waals surface area contributed by atoms with Crippen LogP contribution in [-0.2, 0) is 83.4 Å². The summed E-state index contributed by atoms with van der Waals surface area (Å²) in [5.74, 6) is -0.476. The zero-order valence-electron chi connectivity index (χ0n) is 92.7. The molecule has 149 heavy (non-hydrogen) atoms. The van der Waals surface area contributed by atoms with E-state index in [0.29, 0.717) is 25.7 Å². The van der Waals surface area contributed by atoms with Gasteiger partial charge in [0.15, 0.2) is 0 Å². The molecule has 0 saturated heterocycles. The van der Waals surface area contributed by atoms with Crippen LogP contribution in [0.15, 0.2) is 72.8 Å². The topological polar surface area (TPSA) is 336 Å². The molecule has 12 aromatic rings. The van der Waals surface area contributed by atoms with Crippen molar-refractivity contribution in [3.63, 3.8) is 0 Å². The first-order valence-corrected chi connectivity index (χ1v) is 54.9. The van der Waals surface area contributed by atoms with Gasteiger partial charge in [-0.25, -0.2) is 29.9 Å². The van der Waals surface area contributed by atoms with Gasteiger partial charge in [0.2, 0.25) is 23.6 Å². The highest BCUT2D eigenvalue weighted by Crippen LogP contribution is 2.45. The first-order valence-electron chi connectivity index (χ1n) is 54.9. The van der Waals surface area contributed by atoms with Crippen LogP contribution in [0.1, 0.15) is 357 Å². The molecule has 18 heterocycles. The summed E-state index contributed by atoms with van der Waals surface area (Å²) in [6.07, 6.45) is 12.3. The number of hydrogen-bond acceptors (Lipinski definition) is 10. The van der Waals surface area contributed by atoms with Gasteiger partial charge in [-0.2, -0.15) is 0 Å². The lowest BCUT2D eigenvalue weighted by Crippen LogP contribution is -2.34. The van der Waals surface area contributed by atoms with Crippen molar-refractivity contribution in [3.05, 3.63) is 241 Å². The lowest BCUT2D eigenvalue weighted by molar-refractivity contribution is -0.122. The van der Waals surface area contributed by atoms with Crippen LogP contribution in [0.3, 0.4) is 0 Å². The SMILES string of the molecule is CCC1=C(C)c2cc3[nH]c(c(C)c3CC)c3[nH]c(cc4nc(cc5[nH]c(cc1n2)c(C)c5CCC(=O)NCCNC(=O)CCC1=C(C)c2cc5[nH]c(c(C)c5CC)c5[nH]c(cc6nc(cc7[nH]c(cc1n2)c(CC)c7CC)C(CCC(=O)NCCNC(=O)CCc1c(C)c2cc7nc(cc8[nH]c(c(C)c8CC)c8[nH]c(cc9nc(cc1[nH]2)C(CC)=C9C)c(CC)c8C)C(C)=C7CC)=C6C)c(CC)c5C)C(CC)=C4C)c(CC)c3C. The first kappa shape index (κ1) is 104. The molecule has 774 valence electrons. The number of aryl methyl sites for hydroxylation is 18. The molecule has 23 heteroatoms. The van der Waals surface area contributed by atoms with Gasteiger partial charge in [0.05, 0.1) is 101 Å². The van der Waals surface area contributed by atoms with Gasteiger partial charge in [0, 0.05) is 118 Å². The molecule has 4 amide bonds. The Balaban J connectivity index is 0.584. The van der Waals surface area contributed by atoms with E-state index in [0.717, 1.165) is 334 Å². The van der Waals surface area contributed by atoms with E-state index in [2.05, 4.69) is 319 Å². The van der Waals surface area contributed by atoms with Crippen molar-refractivity contribution in [1.29, 1.82) is 0 Å². The van der Waals surface area contributed by atoms with Crippen molar-refractivity contribution >= 4 is 190 Å². The lowest BCUT2D eigenvalue weighted by atomic mass is 9.99. The predicted molar refractivity (Wildman–Crippen MR) is 621 cm³/mol. The molecule has 12 aromatic heterocycles. The molecule has 0 aromatic carbocycles. The largest absolute Gasteiger partial charge is 0.355 e. The summed E-state index contributed by atoms with van der Waals surface area (Å²) >= 11 is 0. The monoisotopic (exact) mass is 1990 g/mol. The number of aromatic amines is 9. The highest BCUT2D eigenvalue weighted by molar-refractivity contribution is 6.03. The summed E-state index contributed by atoms with van der Waals surface area (Å²) in [5.41, 5.74) is 63.4. The fraction of sp³-hybridized carbons (Fsp3) is 0.397. The normalized spacial score (nSPS) is 13.4. The molecule has 6 aliphatic heterocycles. The number of carbonyl (C=O) groups excluding carboxylic acids is 4. The van der Waals surface area contributed by atoms with Crippen LogP contribution >= 0.6 is 0 Å². The first-order chi connectivity index (χ1) is 71.7. The zero-order valence-corrected chi connectivity index (χ0v) is 92.7.